The summed E-state index contributed by atoms with van der Waals surface area (Å²) in [7, 11) is 0. The van der Waals surface area contributed by atoms with E-state index in [4.69, 9.17) is 0 Å². The van der Waals surface area contributed by atoms with Crippen molar-refractivity contribution in [2.24, 2.45) is 0 Å². The number of para-hydroxylation sites is 1. The van der Waals surface area contributed by atoms with E-state index >= 15 is 0 Å². The quantitative estimate of drug-likeness (QED) is 0.639. The summed E-state index contributed by atoms with van der Waals surface area (Å²) in [6, 6.07) is 7.90. The van der Waals surface area contributed by atoms with Crippen molar-refractivity contribution in [2.45, 2.75) is 13.5 Å². The van der Waals surface area contributed by atoms with Crippen molar-refractivity contribution in [3.63, 3.8) is 0 Å². The van der Waals surface area contributed by atoms with E-state index in [1.54, 1.807) is 0 Å². The molecule has 0 fully saturated rings. The summed E-state index contributed by atoms with van der Waals surface area (Å²) in [5.41, 5.74) is 2.00. The molecule has 0 unspecified atom stereocenters. The van der Waals surface area contributed by atoms with Gasteiger partial charge in [0.25, 0.3) is 0 Å². The number of rotatable bonds is 0. The van der Waals surface area contributed by atoms with Crippen LogP contribution in [0.2, 0.25) is 0 Å². The van der Waals surface area contributed by atoms with Gasteiger partial charge in [-0.05, 0) is 19.1 Å². The molecule has 1 aromatic heterocycles. The second kappa shape index (κ2) is 2.76. The minimum atomic E-state index is 0.000839. The van der Waals surface area contributed by atoms with Gasteiger partial charge >= 0.3 is 11.9 Å². The largest absolute Gasteiger partial charge is 0.400 e. The molecular weight excluding hydrogens is 190 g/mol. The van der Waals surface area contributed by atoms with Crippen molar-refractivity contribution in [3.8, 4) is 0 Å². The zero-order valence-corrected chi connectivity index (χ0v) is 8.32. The summed E-state index contributed by atoms with van der Waals surface area (Å²) in [6.07, 6.45) is 0. The molecule has 2 aromatic rings. The summed E-state index contributed by atoms with van der Waals surface area (Å²) in [4.78, 5) is 15.7. The zero-order chi connectivity index (χ0) is 10.4. The highest BCUT2D eigenvalue weighted by Gasteiger charge is 2.29. The third-order valence-electron chi connectivity index (χ3n) is 2.73. The number of aryl methyl sites for hydroxylation is 1. The normalized spacial score (nSPS) is 14.1. The highest BCUT2D eigenvalue weighted by Crippen LogP contribution is 2.17. The number of fused-ring (bicyclic) bond motifs is 2. The molecule has 1 amide bonds. The van der Waals surface area contributed by atoms with E-state index in [9.17, 15) is 4.79 Å². The van der Waals surface area contributed by atoms with Crippen molar-refractivity contribution >= 4 is 22.8 Å². The topological polar surface area (TPSA) is 45.9 Å². The van der Waals surface area contributed by atoms with E-state index in [1.807, 2.05) is 35.8 Å². The Morgan fingerprint density at radius 1 is 1.40 bits per heavy atom. The molecule has 1 aliphatic heterocycles. The van der Waals surface area contributed by atoms with Crippen LogP contribution in [-0.2, 0) is 11.3 Å². The Hall–Kier alpha value is -1.97. The number of benzene rings is 1. The Bertz CT molecular complexity index is 577. The fourth-order valence-electron chi connectivity index (χ4n) is 1.95. The van der Waals surface area contributed by atoms with Crippen LogP contribution in [0.5, 0.6) is 0 Å². The number of aromatic nitrogens is 2. The van der Waals surface area contributed by atoms with Gasteiger partial charge in [0.05, 0.1) is 11.1 Å². The SMILES string of the molecule is Cc1c2ccccc2nc2[n+]1CC(=O)N2. The zero-order valence-electron chi connectivity index (χ0n) is 8.32. The fraction of sp³-hybridized carbons (Fsp3) is 0.182. The molecule has 74 valence electrons. The maximum atomic E-state index is 11.3. The molecular formula is C11H10N3O+. The molecule has 4 heteroatoms. The number of amides is 1. The lowest BCUT2D eigenvalue weighted by molar-refractivity contribution is -0.670. The van der Waals surface area contributed by atoms with Gasteiger partial charge in [0.2, 0.25) is 0 Å². The van der Waals surface area contributed by atoms with Crippen molar-refractivity contribution in [1.29, 1.82) is 0 Å². The fourth-order valence-corrected chi connectivity index (χ4v) is 1.95. The van der Waals surface area contributed by atoms with Crippen LogP contribution in [0.1, 0.15) is 5.69 Å². The molecule has 1 aliphatic rings. The number of anilines is 1. The van der Waals surface area contributed by atoms with Crippen LogP contribution in [0.4, 0.5) is 5.95 Å². The second-order valence-corrected chi connectivity index (χ2v) is 3.67. The monoisotopic (exact) mass is 200 g/mol. The first kappa shape index (κ1) is 8.35. The number of carbonyl (C=O) groups excluding carboxylic acids is 1. The lowest BCUT2D eigenvalue weighted by Crippen LogP contribution is -2.36. The molecule has 1 N–H and O–H groups in total. The average molecular weight is 200 g/mol. The maximum absolute atomic E-state index is 11.3. The molecule has 15 heavy (non-hydrogen) atoms. The number of nitrogens with zero attached hydrogens (tertiary/aromatic N) is 2. The molecule has 0 bridgehead atoms. The van der Waals surface area contributed by atoms with Gasteiger partial charge < -0.3 is 0 Å². The third kappa shape index (κ3) is 1.11. The van der Waals surface area contributed by atoms with Gasteiger partial charge in [-0.15, -0.1) is 0 Å². The molecule has 2 heterocycles. The number of carbonyl (C=O) groups is 1. The highest BCUT2D eigenvalue weighted by molar-refractivity contribution is 5.91. The number of hydrogen-bond acceptors (Lipinski definition) is 2. The Morgan fingerprint density at radius 2 is 2.20 bits per heavy atom. The predicted molar refractivity (Wildman–Crippen MR) is 55.3 cm³/mol. The molecule has 0 saturated carbocycles. The van der Waals surface area contributed by atoms with Gasteiger partial charge in [-0.25, -0.2) is 9.88 Å². The van der Waals surface area contributed by atoms with Crippen LogP contribution in [0, 0.1) is 6.92 Å². The minimum absolute atomic E-state index is 0.000839. The van der Waals surface area contributed by atoms with Gasteiger partial charge in [0, 0.05) is 0 Å². The average Bonchev–Trinajstić information content (AvgIpc) is 2.59. The Balaban J connectivity index is 2.40. The predicted octanol–water partition coefficient (Wildman–Crippen LogP) is 0.783. The molecule has 0 radical (unpaired) electrons. The molecule has 1 aromatic carbocycles. The summed E-state index contributed by atoms with van der Waals surface area (Å²) in [5.74, 6) is 0.650. The Kier molecular flexibility index (Phi) is 1.54. The Morgan fingerprint density at radius 3 is 3.07 bits per heavy atom. The first-order valence-corrected chi connectivity index (χ1v) is 4.85. The minimum Gasteiger partial charge on any atom is -0.253 e. The Labute approximate surface area is 86.6 Å². The number of nitrogens with one attached hydrogen (secondary N) is 1. The highest BCUT2D eigenvalue weighted by atomic mass is 16.2. The van der Waals surface area contributed by atoms with Gasteiger partial charge in [-0.3, -0.25) is 4.79 Å². The maximum Gasteiger partial charge on any atom is 0.400 e. The molecule has 3 rings (SSSR count). The first-order chi connectivity index (χ1) is 7.25. The van der Waals surface area contributed by atoms with Crippen molar-refractivity contribution in [1.82, 2.24) is 4.98 Å². The van der Waals surface area contributed by atoms with E-state index in [-0.39, 0.29) is 5.91 Å². The van der Waals surface area contributed by atoms with Gasteiger partial charge in [0.15, 0.2) is 12.1 Å². The lowest BCUT2D eigenvalue weighted by Gasteiger charge is -2.01. The smallest absolute Gasteiger partial charge is 0.253 e. The summed E-state index contributed by atoms with van der Waals surface area (Å²) >= 11 is 0. The van der Waals surface area contributed by atoms with E-state index in [1.165, 1.54) is 0 Å². The molecule has 0 atom stereocenters. The first-order valence-electron chi connectivity index (χ1n) is 4.85. The van der Waals surface area contributed by atoms with Crippen LogP contribution in [0.15, 0.2) is 24.3 Å². The second-order valence-electron chi connectivity index (χ2n) is 3.67. The van der Waals surface area contributed by atoms with Crippen molar-refractivity contribution in [2.75, 3.05) is 5.32 Å². The van der Waals surface area contributed by atoms with E-state index < -0.39 is 0 Å². The van der Waals surface area contributed by atoms with Gasteiger partial charge in [-0.2, -0.15) is 0 Å². The van der Waals surface area contributed by atoms with Crippen molar-refractivity contribution < 1.29 is 9.36 Å². The van der Waals surface area contributed by atoms with E-state index in [0.717, 1.165) is 16.6 Å². The number of hydrogen-bond donors (Lipinski definition) is 1. The van der Waals surface area contributed by atoms with Gasteiger partial charge in [0.1, 0.15) is 0 Å². The van der Waals surface area contributed by atoms with Crippen molar-refractivity contribution in [3.05, 3.63) is 30.0 Å². The molecule has 4 nitrogen and oxygen atoms in total. The van der Waals surface area contributed by atoms with Crippen LogP contribution in [0.25, 0.3) is 10.9 Å². The molecule has 0 aliphatic carbocycles. The van der Waals surface area contributed by atoms with Crippen LogP contribution in [-0.4, -0.2) is 10.9 Å². The summed E-state index contributed by atoms with van der Waals surface area (Å²) < 4.78 is 1.91. The molecule has 0 saturated heterocycles. The van der Waals surface area contributed by atoms with Crippen LogP contribution < -0.4 is 9.88 Å². The summed E-state index contributed by atoms with van der Waals surface area (Å²) in [5, 5.41) is 3.84. The van der Waals surface area contributed by atoms with Crippen LogP contribution in [0.3, 0.4) is 0 Å². The van der Waals surface area contributed by atoms with Gasteiger partial charge in [-0.1, -0.05) is 17.1 Å². The molecule has 0 spiro atoms. The third-order valence-corrected chi connectivity index (χ3v) is 2.73. The van der Waals surface area contributed by atoms with E-state index in [0.29, 0.717) is 12.5 Å². The van der Waals surface area contributed by atoms with E-state index in [2.05, 4.69) is 10.3 Å². The summed E-state index contributed by atoms with van der Waals surface area (Å²) in [6.45, 7) is 2.38. The van der Waals surface area contributed by atoms with Crippen LogP contribution >= 0.6 is 0 Å². The standard InChI is InChI=1S/C11H9N3O/c1-7-8-4-2-3-5-9(8)12-11-13-10(15)6-14(7)11/h2-5H,6H2,1H3/p+1. The lowest BCUT2D eigenvalue weighted by atomic mass is 10.2.